The molecule has 0 spiro atoms. The van der Waals surface area contributed by atoms with Gasteiger partial charge in [-0.15, -0.1) is 0 Å². The number of likely N-dealkylation sites (N-methyl/N-ethyl adjacent to an activating group) is 1. The lowest BCUT2D eigenvalue weighted by Crippen LogP contribution is -2.37. The molecule has 0 aliphatic rings. The molecule has 5 heteroatoms. The van der Waals surface area contributed by atoms with Gasteiger partial charge in [-0.05, 0) is 39.0 Å². The van der Waals surface area contributed by atoms with Gasteiger partial charge in [-0.25, -0.2) is 4.39 Å². The van der Waals surface area contributed by atoms with Crippen LogP contribution in [0.1, 0.15) is 28.7 Å². The number of aliphatic hydroxyl groups excluding tert-OH is 1. The van der Waals surface area contributed by atoms with Crippen molar-refractivity contribution in [2.24, 2.45) is 0 Å². The molecule has 0 aliphatic heterocycles. The standard InChI is InChI=1S/C17H21FN2O2/c1-11-9-14(17(22)19(4)12(2)10-21)13(3)20(11)16-8-6-5-7-15(16)18/h5-9,12,21H,10H2,1-4H3. The lowest BCUT2D eigenvalue weighted by Gasteiger charge is -2.23. The van der Waals surface area contributed by atoms with Crippen molar-refractivity contribution in [3.63, 3.8) is 0 Å². The first-order valence-corrected chi connectivity index (χ1v) is 7.20. The predicted molar refractivity (Wildman–Crippen MR) is 83.8 cm³/mol. The van der Waals surface area contributed by atoms with Crippen molar-refractivity contribution in [1.82, 2.24) is 9.47 Å². The van der Waals surface area contributed by atoms with Crippen molar-refractivity contribution in [3.05, 3.63) is 53.1 Å². The maximum Gasteiger partial charge on any atom is 0.255 e. The normalized spacial score (nSPS) is 12.3. The molecule has 0 saturated carbocycles. The number of nitrogens with zero attached hydrogens (tertiary/aromatic N) is 2. The number of rotatable bonds is 4. The van der Waals surface area contributed by atoms with Crippen molar-refractivity contribution in [3.8, 4) is 5.69 Å². The van der Waals surface area contributed by atoms with Crippen molar-refractivity contribution >= 4 is 5.91 Å². The van der Waals surface area contributed by atoms with E-state index in [1.54, 1.807) is 49.7 Å². The van der Waals surface area contributed by atoms with Crippen LogP contribution in [-0.4, -0.2) is 40.2 Å². The highest BCUT2D eigenvalue weighted by molar-refractivity contribution is 5.96. The molecule has 0 saturated heterocycles. The molecular weight excluding hydrogens is 283 g/mol. The molecule has 2 rings (SSSR count). The highest BCUT2D eigenvalue weighted by atomic mass is 19.1. The Kier molecular flexibility index (Phi) is 4.66. The molecule has 1 aromatic heterocycles. The smallest absolute Gasteiger partial charge is 0.255 e. The Morgan fingerprint density at radius 3 is 2.59 bits per heavy atom. The van der Waals surface area contributed by atoms with Crippen LogP contribution in [0.5, 0.6) is 0 Å². The van der Waals surface area contributed by atoms with E-state index in [1.165, 1.54) is 11.0 Å². The maximum atomic E-state index is 14.0. The zero-order valence-electron chi connectivity index (χ0n) is 13.3. The second kappa shape index (κ2) is 6.32. The van der Waals surface area contributed by atoms with Crippen molar-refractivity contribution in [1.29, 1.82) is 0 Å². The summed E-state index contributed by atoms with van der Waals surface area (Å²) in [5.74, 6) is -0.516. The third-order valence-electron chi connectivity index (χ3n) is 4.00. The molecule has 2 aromatic rings. The van der Waals surface area contributed by atoms with Crippen LogP contribution in [0.25, 0.3) is 5.69 Å². The largest absolute Gasteiger partial charge is 0.394 e. The number of amides is 1. The van der Waals surface area contributed by atoms with E-state index in [-0.39, 0.29) is 24.4 Å². The highest BCUT2D eigenvalue weighted by Crippen LogP contribution is 2.24. The second-order valence-electron chi connectivity index (χ2n) is 5.52. The molecule has 4 nitrogen and oxygen atoms in total. The Morgan fingerprint density at radius 1 is 1.36 bits per heavy atom. The average Bonchev–Trinajstić information content (AvgIpc) is 2.80. The minimum Gasteiger partial charge on any atom is -0.394 e. The lowest BCUT2D eigenvalue weighted by atomic mass is 10.2. The SMILES string of the molecule is Cc1cc(C(=O)N(C)C(C)CO)c(C)n1-c1ccccc1F. The zero-order valence-corrected chi connectivity index (χ0v) is 13.3. The first-order chi connectivity index (χ1) is 10.4. The Morgan fingerprint density at radius 2 is 2.00 bits per heavy atom. The molecule has 1 heterocycles. The second-order valence-corrected chi connectivity index (χ2v) is 5.52. The Hall–Kier alpha value is -2.14. The van der Waals surface area contributed by atoms with E-state index in [4.69, 9.17) is 0 Å². The van der Waals surface area contributed by atoms with Gasteiger partial charge in [0.05, 0.1) is 23.9 Å². The van der Waals surface area contributed by atoms with Crippen molar-refractivity contribution in [2.75, 3.05) is 13.7 Å². The van der Waals surface area contributed by atoms with Gasteiger partial charge in [0, 0.05) is 18.4 Å². The number of carbonyl (C=O) groups is 1. The van der Waals surface area contributed by atoms with Gasteiger partial charge in [0.1, 0.15) is 5.82 Å². The number of aliphatic hydroxyl groups is 1. The number of aromatic nitrogens is 1. The summed E-state index contributed by atoms with van der Waals surface area (Å²) in [6.45, 7) is 5.30. The first-order valence-electron chi connectivity index (χ1n) is 7.20. The highest BCUT2D eigenvalue weighted by Gasteiger charge is 2.23. The summed E-state index contributed by atoms with van der Waals surface area (Å²) in [4.78, 5) is 14.0. The number of hydrogen-bond donors (Lipinski definition) is 1. The molecule has 1 N–H and O–H groups in total. The number of hydrogen-bond acceptors (Lipinski definition) is 2. The van der Waals surface area contributed by atoms with Crippen LogP contribution >= 0.6 is 0 Å². The fourth-order valence-corrected chi connectivity index (χ4v) is 2.50. The van der Waals surface area contributed by atoms with Crippen molar-refractivity contribution < 1.29 is 14.3 Å². The van der Waals surface area contributed by atoms with Gasteiger partial charge in [0.2, 0.25) is 0 Å². The van der Waals surface area contributed by atoms with E-state index in [1.807, 2.05) is 6.92 Å². The van der Waals surface area contributed by atoms with Gasteiger partial charge in [-0.3, -0.25) is 4.79 Å². The van der Waals surface area contributed by atoms with Gasteiger partial charge in [0.15, 0.2) is 0 Å². The first kappa shape index (κ1) is 16.2. The lowest BCUT2D eigenvalue weighted by molar-refractivity contribution is 0.0681. The van der Waals surface area contributed by atoms with Crippen LogP contribution in [0.3, 0.4) is 0 Å². The summed E-state index contributed by atoms with van der Waals surface area (Å²) in [6.07, 6.45) is 0. The van der Waals surface area contributed by atoms with Gasteiger partial charge in [-0.2, -0.15) is 0 Å². The number of aryl methyl sites for hydroxylation is 1. The Balaban J connectivity index is 2.48. The van der Waals surface area contributed by atoms with Crippen LogP contribution in [0.2, 0.25) is 0 Å². The van der Waals surface area contributed by atoms with E-state index in [0.29, 0.717) is 16.9 Å². The number of benzene rings is 1. The summed E-state index contributed by atoms with van der Waals surface area (Å²) in [5.41, 5.74) is 2.42. The molecule has 1 aromatic carbocycles. The third-order valence-corrected chi connectivity index (χ3v) is 4.00. The summed E-state index contributed by atoms with van der Waals surface area (Å²) >= 11 is 0. The molecule has 0 radical (unpaired) electrons. The molecule has 1 atom stereocenters. The van der Waals surface area contributed by atoms with Crippen LogP contribution in [0.15, 0.2) is 30.3 Å². The quantitative estimate of drug-likeness (QED) is 0.944. The predicted octanol–water partition coefficient (Wildman–Crippen LogP) is 2.69. The average molecular weight is 304 g/mol. The van der Waals surface area contributed by atoms with E-state index in [2.05, 4.69) is 0 Å². The van der Waals surface area contributed by atoms with Gasteiger partial charge < -0.3 is 14.6 Å². The topological polar surface area (TPSA) is 45.5 Å². The van der Waals surface area contributed by atoms with Gasteiger partial charge in [-0.1, -0.05) is 12.1 Å². The molecule has 22 heavy (non-hydrogen) atoms. The fraction of sp³-hybridized carbons (Fsp3) is 0.353. The molecule has 0 fully saturated rings. The summed E-state index contributed by atoms with van der Waals surface area (Å²) in [6, 6.07) is 7.96. The summed E-state index contributed by atoms with van der Waals surface area (Å²) < 4.78 is 15.8. The number of carbonyl (C=O) groups excluding carboxylic acids is 1. The minimum absolute atomic E-state index is 0.103. The maximum absolute atomic E-state index is 14.0. The summed E-state index contributed by atoms with van der Waals surface area (Å²) in [7, 11) is 1.65. The van der Waals surface area contributed by atoms with E-state index >= 15 is 0 Å². The summed E-state index contributed by atoms with van der Waals surface area (Å²) in [5, 5.41) is 9.20. The fourth-order valence-electron chi connectivity index (χ4n) is 2.50. The van der Waals surface area contributed by atoms with Crippen LogP contribution in [-0.2, 0) is 0 Å². The van der Waals surface area contributed by atoms with Crippen LogP contribution < -0.4 is 0 Å². The monoisotopic (exact) mass is 304 g/mol. The Bertz CT molecular complexity index is 694. The number of halogens is 1. The van der Waals surface area contributed by atoms with Crippen LogP contribution in [0, 0.1) is 19.7 Å². The molecule has 1 unspecified atom stereocenters. The van der Waals surface area contributed by atoms with Gasteiger partial charge in [0.25, 0.3) is 5.91 Å². The Labute approximate surface area is 129 Å². The molecule has 118 valence electrons. The minimum atomic E-state index is -0.333. The van der Waals surface area contributed by atoms with Crippen molar-refractivity contribution in [2.45, 2.75) is 26.8 Å². The number of para-hydroxylation sites is 1. The molecular formula is C17H21FN2O2. The third kappa shape index (κ3) is 2.76. The van der Waals surface area contributed by atoms with Gasteiger partial charge >= 0.3 is 0 Å². The van der Waals surface area contributed by atoms with E-state index in [9.17, 15) is 14.3 Å². The molecule has 0 bridgehead atoms. The van der Waals surface area contributed by atoms with E-state index in [0.717, 1.165) is 5.69 Å². The van der Waals surface area contributed by atoms with Crippen LogP contribution in [0.4, 0.5) is 4.39 Å². The molecule has 1 amide bonds. The van der Waals surface area contributed by atoms with E-state index < -0.39 is 0 Å². The zero-order chi connectivity index (χ0) is 16.4. The molecule has 0 aliphatic carbocycles.